The lowest BCUT2D eigenvalue weighted by Gasteiger charge is -2.31. The number of halogens is 2. The first-order valence-corrected chi connectivity index (χ1v) is 15.2. The predicted octanol–water partition coefficient (Wildman–Crippen LogP) is 3.25. The Morgan fingerprint density at radius 1 is 0.766 bits per heavy atom. The van der Waals surface area contributed by atoms with Crippen LogP contribution < -0.4 is 10.6 Å². The molecule has 0 saturated carbocycles. The summed E-state index contributed by atoms with van der Waals surface area (Å²) in [7, 11) is 0. The molecule has 1 aliphatic rings. The molecule has 0 saturated heterocycles. The van der Waals surface area contributed by atoms with Gasteiger partial charge in [-0.25, -0.2) is 8.78 Å². The van der Waals surface area contributed by atoms with E-state index in [9.17, 15) is 33.7 Å². The molecule has 11 heteroatoms. The third-order valence-electron chi connectivity index (χ3n) is 8.00. The van der Waals surface area contributed by atoms with E-state index in [1.807, 2.05) is 12.1 Å². The van der Waals surface area contributed by atoms with Crippen LogP contribution in [-0.4, -0.2) is 57.7 Å². The number of nitrogens with one attached hydrogen (secondary N) is 2. The summed E-state index contributed by atoms with van der Waals surface area (Å²) in [4.78, 5) is 27.2. The molecule has 5 N–H and O–H groups in total. The van der Waals surface area contributed by atoms with Crippen LogP contribution in [0.5, 0.6) is 0 Å². The molecule has 0 aromatic heterocycles. The highest BCUT2D eigenvalue weighted by molar-refractivity contribution is 5.84. The van der Waals surface area contributed by atoms with Crippen molar-refractivity contribution in [3.05, 3.63) is 143 Å². The zero-order valence-corrected chi connectivity index (χ0v) is 25.3. The van der Waals surface area contributed by atoms with Crippen LogP contribution in [0.3, 0.4) is 0 Å². The lowest BCUT2D eigenvalue weighted by molar-refractivity contribution is -0.171. The van der Waals surface area contributed by atoms with E-state index in [-0.39, 0.29) is 25.3 Å². The number of benzene rings is 4. The van der Waals surface area contributed by atoms with Crippen LogP contribution in [0.1, 0.15) is 33.9 Å². The van der Waals surface area contributed by atoms with E-state index in [4.69, 9.17) is 9.47 Å². The molecule has 246 valence electrons. The molecule has 2 amide bonds. The van der Waals surface area contributed by atoms with Crippen molar-refractivity contribution in [2.24, 2.45) is 0 Å². The largest absolute Gasteiger partial charge is 0.390 e. The van der Waals surface area contributed by atoms with Crippen LogP contribution in [0.2, 0.25) is 0 Å². The van der Waals surface area contributed by atoms with Gasteiger partial charge < -0.3 is 35.4 Å². The second kappa shape index (κ2) is 15.9. The molecule has 0 unspecified atom stereocenters. The topological polar surface area (TPSA) is 137 Å². The molecule has 0 aliphatic heterocycles. The van der Waals surface area contributed by atoms with Gasteiger partial charge in [-0.3, -0.25) is 9.59 Å². The molecule has 0 radical (unpaired) electrons. The van der Waals surface area contributed by atoms with E-state index in [0.29, 0.717) is 29.2 Å². The molecule has 0 heterocycles. The molecule has 4 aromatic carbocycles. The second-order valence-electron chi connectivity index (χ2n) is 11.3. The number of carbonyl (C=O) groups is 2. The predicted molar refractivity (Wildman–Crippen MR) is 167 cm³/mol. The fourth-order valence-electron chi connectivity index (χ4n) is 5.47. The van der Waals surface area contributed by atoms with Gasteiger partial charge in [-0.05, 0) is 28.3 Å². The number of rotatable bonds is 14. The minimum Gasteiger partial charge on any atom is -0.390 e. The first-order chi connectivity index (χ1) is 22.7. The Labute approximate surface area is 270 Å². The van der Waals surface area contributed by atoms with Crippen LogP contribution in [0.4, 0.5) is 8.78 Å². The first kappa shape index (κ1) is 33.8. The van der Waals surface area contributed by atoms with Crippen molar-refractivity contribution in [3.8, 4) is 0 Å². The number of aliphatic hydroxyl groups is 3. The number of aliphatic hydroxyl groups excluding tert-OH is 3. The average molecular weight is 647 g/mol. The van der Waals surface area contributed by atoms with Crippen LogP contribution in [0.25, 0.3) is 0 Å². The van der Waals surface area contributed by atoms with Gasteiger partial charge >= 0.3 is 0 Å². The number of ether oxygens (including phenoxy) is 2. The molecule has 9 nitrogen and oxygen atoms in total. The van der Waals surface area contributed by atoms with E-state index in [1.54, 1.807) is 72.8 Å². The summed E-state index contributed by atoms with van der Waals surface area (Å²) >= 11 is 0. The molecule has 4 aromatic rings. The average Bonchev–Trinajstić information content (AvgIpc) is 3.39. The Morgan fingerprint density at radius 2 is 1.32 bits per heavy atom. The second-order valence-corrected chi connectivity index (χ2v) is 11.3. The number of amides is 2. The molecule has 47 heavy (non-hydrogen) atoms. The van der Waals surface area contributed by atoms with Crippen molar-refractivity contribution in [2.75, 3.05) is 0 Å². The summed E-state index contributed by atoms with van der Waals surface area (Å²) in [6, 6.07) is 26.9. The summed E-state index contributed by atoms with van der Waals surface area (Å²) in [6.45, 7) is -0.648. The van der Waals surface area contributed by atoms with E-state index in [2.05, 4.69) is 10.6 Å². The highest BCUT2D eigenvalue weighted by atomic mass is 19.1. The van der Waals surface area contributed by atoms with Gasteiger partial charge in [0.2, 0.25) is 0 Å². The summed E-state index contributed by atoms with van der Waals surface area (Å²) < 4.78 is 39.3. The van der Waals surface area contributed by atoms with Gasteiger partial charge in [0.15, 0.2) is 12.2 Å². The van der Waals surface area contributed by atoms with E-state index in [1.165, 1.54) is 6.07 Å². The van der Waals surface area contributed by atoms with Crippen LogP contribution in [0, 0.1) is 11.6 Å². The van der Waals surface area contributed by atoms with Crippen molar-refractivity contribution >= 4 is 11.8 Å². The highest BCUT2D eigenvalue weighted by Crippen LogP contribution is 2.31. The van der Waals surface area contributed by atoms with E-state index in [0.717, 1.165) is 11.6 Å². The monoisotopic (exact) mass is 646 g/mol. The minimum atomic E-state index is -2.01. The maximum atomic E-state index is 14.3. The minimum absolute atomic E-state index is 0.0181. The van der Waals surface area contributed by atoms with Crippen LogP contribution in [-0.2, 0) is 45.2 Å². The summed E-state index contributed by atoms with van der Waals surface area (Å²) in [5.74, 6) is -3.41. The first-order valence-electron chi connectivity index (χ1n) is 15.2. The van der Waals surface area contributed by atoms with Gasteiger partial charge in [0.05, 0.1) is 25.4 Å². The van der Waals surface area contributed by atoms with Gasteiger partial charge in [0, 0.05) is 24.6 Å². The number of hydrogen-bond donors (Lipinski definition) is 5. The Balaban J connectivity index is 1.37. The van der Waals surface area contributed by atoms with E-state index >= 15 is 0 Å². The fraction of sp³-hybridized carbons (Fsp3) is 0.278. The lowest BCUT2D eigenvalue weighted by atomic mass is 10.00. The SMILES string of the molecule is O=C(NCc1ccc(F)cc1F)[C@H](OCc1ccccc1)[C@H](O)[C@@H](O)[C@@H](OCc1ccccc1)C(=O)N[C@@H]1c2ccccc2C[C@@H]1O. The van der Waals surface area contributed by atoms with Gasteiger partial charge in [0.1, 0.15) is 23.8 Å². The van der Waals surface area contributed by atoms with Crippen molar-refractivity contribution in [1.29, 1.82) is 0 Å². The molecule has 5 rings (SSSR count). The molecule has 1 aliphatic carbocycles. The number of hydrogen-bond acceptors (Lipinski definition) is 7. The van der Waals surface area contributed by atoms with Gasteiger partial charge in [-0.1, -0.05) is 91.0 Å². The zero-order valence-electron chi connectivity index (χ0n) is 25.3. The van der Waals surface area contributed by atoms with Gasteiger partial charge in [-0.15, -0.1) is 0 Å². The maximum absolute atomic E-state index is 14.3. The molecule has 6 atom stereocenters. The summed E-state index contributed by atoms with van der Waals surface area (Å²) in [6.07, 6.45) is -8.09. The fourth-order valence-corrected chi connectivity index (χ4v) is 5.47. The quantitative estimate of drug-likeness (QED) is 0.142. The van der Waals surface area contributed by atoms with Gasteiger partial charge in [0.25, 0.3) is 11.8 Å². The summed E-state index contributed by atoms with van der Waals surface area (Å²) in [5.41, 5.74) is 2.88. The van der Waals surface area contributed by atoms with E-state index < -0.39 is 60.0 Å². The van der Waals surface area contributed by atoms with Crippen LogP contribution in [0.15, 0.2) is 103 Å². The third-order valence-corrected chi connectivity index (χ3v) is 8.00. The molecular weight excluding hydrogens is 610 g/mol. The lowest BCUT2D eigenvalue weighted by Crippen LogP contribution is -2.56. The van der Waals surface area contributed by atoms with Gasteiger partial charge in [-0.2, -0.15) is 0 Å². The van der Waals surface area contributed by atoms with Crippen molar-refractivity contribution < 1.29 is 43.2 Å². The zero-order chi connectivity index (χ0) is 33.3. The normalized spacial score (nSPS) is 18.1. The molecule has 0 bridgehead atoms. The molecule has 0 spiro atoms. The van der Waals surface area contributed by atoms with Crippen molar-refractivity contribution in [1.82, 2.24) is 10.6 Å². The third kappa shape index (κ3) is 8.64. The Kier molecular flexibility index (Phi) is 11.4. The number of carbonyl (C=O) groups excluding carboxylic acids is 2. The Hall–Kier alpha value is -4.52. The number of fused-ring (bicyclic) bond motifs is 1. The molecule has 0 fully saturated rings. The smallest absolute Gasteiger partial charge is 0.252 e. The molecular formula is C36H36F2N2O7. The highest BCUT2D eigenvalue weighted by Gasteiger charge is 2.42. The van der Waals surface area contributed by atoms with Crippen molar-refractivity contribution in [2.45, 2.75) is 62.7 Å². The maximum Gasteiger partial charge on any atom is 0.252 e. The van der Waals surface area contributed by atoms with Crippen LogP contribution >= 0.6 is 0 Å². The van der Waals surface area contributed by atoms with Crippen molar-refractivity contribution in [3.63, 3.8) is 0 Å². The summed E-state index contributed by atoms with van der Waals surface area (Å²) in [5, 5.41) is 38.8. The Bertz CT molecular complexity index is 1640. The Morgan fingerprint density at radius 3 is 1.91 bits per heavy atom. The standard InChI is InChI=1S/C36H36F2N2O7/c37-26-16-15-25(28(38)18-26)19-39-35(44)33(46-20-22-9-3-1-4-10-22)31(42)32(43)34(47-21-23-11-5-2-6-12-23)36(45)40-30-27-14-8-7-13-24(27)17-29(30)41/h1-16,18,29-34,41-43H,17,19-21H2,(H,39,44)(H,40,45)/t29-,30+,31+,32+,33+,34+/m0/s1.